The third kappa shape index (κ3) is 4.89. The van der Waals surface area contributed by atoms with Gasteiger partial charge in [0.1, 0.15) is 5.75 Å². The van der Waals surface area contributed by atoms with Crippen LogP contribution < -0.4 is 0 Å². The molecular weight excluding hydrogens is 453 g/mol. The average Bonchev–Trinajstić information content (AvgIpc) is 3.26. The lowest BCUT2D eigenvalue weighted by Gasteiger charge is -2.35. The van der Waals surface area contributed by atoms with Gasteiger partial charge < -0.3 is 19.3 Å². The maximum atomic E-state index is 12.6. The van der Waals surface area contributed by atoms with Gasteiger partial charge in [0.25, 0.3) is 5.91 Å². The Kier molecular flexibility index (Phi) is 6.67. The zero-order valence-electron chi connectivity index (χ0n) is 17.1. The molecule has 0 saturated carbocycles. The number of benzene rings is 2. The molecule has 1 N–H and O–H groups in total. The van der Waals surface area contributed by atoms with Crippen molar-refractivity contribution in [3.05, 3.63) is 70.2 Å². The molecule has 32 heavy (non-hydrogen) atoms. The number of aromatic nitrogens is 1. The standard InChI is InChI=1S/C23H21Cl2N3O4/c24-15-5-6-16(18(25)13-15)20-14-26-21(32-20)7-8-22(30)27-9-11-28(12-10-27)23(31)17-3-1-2-4-19(17)29/h1-6,13-14,29H,7-12H2. The van der Waals surface area contributed by atoms with E-state index in [-0.39, 0.29) is 29.5 Å². The summed E-state index contributed by atoms with van der Waals surface area (Å²) < 4.78 is 5.75. The minimum atomic E-state index is -0.233. The summed E-state index contributed by atoms with van der Waals surface area (Å²) in [6, 6.07) is 11.6. The number of carbonyl (C=O) groups is 2. The van der Waals surface area contributed by atoms with Crippen LogP contribution in [0.15, 0.2) is 53.1 Å². The first kappa shape index (κ1) is 22.2. The van der Waals surface area contributed by atoms with Gasteiger partial charge in [0.15, 0.2) is 11.7 Å². The van der Waals surface area contributed by atoms with E-state index in [9.17, 15) is 14.7 Å². The maximum absolute atomic E-state index is 12.6. The molecule has 1 aromatic heterocycles. The van der Waals surface area contributed by atoms with Crippen LogP contribution in [0.2, 0.25) is 10.0 Å². The van der Waals surface area contributed by atoms with Crippen LogP contribution >= 0.6 is 23.2 Å². The molecule has 3 aromatic rings. The van der Waals surface area contributed by atoms with Crippen LogP contribution in [0.3, 0.4) is 0 Å². The monoisotopic (exact) mass is 473 g/mol. The molecule has 4 rings (SSSR count). The van der Waals surface area contributed by atoms with Crippen LogP contribution in [0.25, 0.3) is 11.3 Å². The summed E-state index contributed by atoms with van der Waals surface area (Å²) in [6.07, 6.45) is 2.20. The number of hydrogen-bond donors (Lipinski definition) is 1. The molecule has 1 aliphatic rings. The number of phenolic OH excluding ortho intramolecular Hbond substituents is 1. The molecule has 0 unspecified atom stereocenters. The fourth-order valence-electron chi connectivity index (χ4n) is 3.60. The summed E-state index contributed by atoms with van der Waals surface area (Å²) in [5.41, 5.74) is 0.958. The first-order valence-corrected chi connectivity index (χ1v) is 10.9. The van der Waals surface area contributed by atoms with Crippen LogP contribution in [0.1, 0.15) is 22.7 Å². The van der Waals surface area contributed by atoms with Crippen LogP contribution in [0.4, 0.5) is 0 Å². The van der Waals surface area contributed by atoms with Gasteiger partial charge in [-0.1, -0.05) is 35.3 Å². The predicted molar refractivity (Wildman–Crippen MR) is 121 cm³/mol. The molecule has 2 heterocycles. The lowest BCUT2D eigenvalue weighted by molar-refractivity contribution is -0.132. The molecule has 166 valence electrons. The third-order valence-corrected chi connectivity index (χ3v) is 5.90. The summed E-state index contributed by atoms with van der Waals surface area (Å²) in [5.74, 6) is 0.673. The zero-order chi connectivity index (χ0) is 22.7. The SMILES string of the molecule is O=C(CCc1ncc(-c2ccc(Cl)cc2Cl)o1)N1CCN(C(=O)c2ccccc2O)CC1. The lowest BCUT2D eigenvalue weighted by Crippen LogP contribution is -2.50. The van der Waals surface area contributed by atoms with Crippen LogP contribution in [-0.2, 0) is 11.2 Å². The Morgan fingerprint density at radius 2 is 1.75 bits per heavy atom. The number of hydrogen-bond acceptors (Lipinski definition) is 5. The summed E-state index contributed by atoms with van der Waals surface area (Å²) in [6.45, 7) is 1.71. The van der Waals surface area contributed by atoms with Crippen molar-refractivity contribution in [2.75, 3.05) is 26.2 Å². The topological polar surface area (TPSA) is 86.9 Å². The summed E-state index contributed by atoms with van der Waals surface area (Å²) in [5, 5.41) is 10.9. The fraction of sp³-hybridized carbons (Fsp3) is 0.261. The number of para-hydroxylation sites is 1. The second-order valence-electron chi connectivity index (χ2n) is 7.43. The van der Waals surface area contributed by atoms with Crippen molar-refractivity contribution in [1.82, 2.24) is 14.8 Å². The van der Waals surface area contributed by atoms with Gasteiger partial charge in [-0.15, -0.1) is 0 Å². The van der Waals surface area contributed by atoms with E-state index in [4.69, 9.17) is 27.6 Å². The minimum Gasteiger partial charge on any atom is -0.507 e. The lowest BCUT2D eigenvalue weighted by atomic mass is 10.1. The molecule has 0 atom stereocenters. The van der Waals surface area contributed by atoms with Crippen molar-refractivity contribution in [3.63, 3.8) is 0 Å². The molecule has 0 spiro atoms. The summed E-state index contributed by atoms with van der Waals surface area (Å²) >= 11 is 12.1. The van der Waals surface area contributed by atoms with Crippen molar-refractivity contribution in [1.29, 1.82) is 0 Å². The Hall–Kier alpha value is -3.03. The van der Waals surface area contributed by atoms with E-state index in [1.54, 1.807) is 52.4 Å². The Balaban J connectivity index is 1.29. The van der Waals surface area contributed by atoms with E-state index in [0.29, 0.717) is 59.9 Å². The first-order chi connectivity index (χ1) is 15.4. The van der Waals surface area contributed by atoms with Gasteiger partial charge in [0.05, 0.1) is 16.8 Å². The van der Waals surface area contributed by atoms with Crippen LogP contribution in [0.5, 0.6) is 5.75 Å². The number of phenols is 1. The van der Waals surface area contributed by atoms with Crippen molar-refractivity contribution < 1.29 is 19.1 Å². The molecule has 1 saturated heterocycles. The highest BCUT2D eigenvalue weighted by atomic mass is 35.5. The second kappa shape index (κ2) is 9.63. The molecule has 1 aliphatic heterocycles. The number of aromatic hydroxyl groups is 1. The molecule has 7 nitrogen and oxygen atoms in total. The van der Waals surface area contributed by atoms with Crippen molar-refractivity contribution in [2.24, 2.45) is 0 Å². The number of carbonyl (C=O) groups excluding carboxylic acids is 2. The molecule has 0 radical (unpaired) electrons. The van der Waals surface area contributed by atoms with Gasteiger partial charge in [-0.05, 0) is 30.3 Å². The fourth-order valence-corrected chi connectivity index (χ4v) is 4.10. The number of nitrogens with zero attached hydrogens (tertiary/aromatic N) is 3. The van der Waals surface area contributed by atoms with E-state index >= 15 is 0 Å². The van der Waals surface area contributed by atoms with Crippen molar-refractivity contribution in [3.8, 4) is 17.1 Å². The molecule has 2 amide bonds. The smallest absolute Gasteiger partial charge is 0.257 e. The molecule has 9 heteroatoms. The first-order valence-electron chi connectivity index (χ1n) is 10.2. The quantitative estimate of drug-likeness (QED) is 0.597. The highest BCUT2D eigenvalue weighted by Crippen LogP contribution is 2.31. The number of amides is 2. The van der Waals surface area contributed by atoms with Crippen molar-refractivity contribution in [2.45, 2.75) is 12.8 Å². The van der Waals surface area contributed by atoms with E-state index in [2.05, 4.69) is 4.98 Å². The molecule has 0 bridgehead atoms. The Bertz CT molecular complexity index is 1140. The van der Waals surface area contributed by atoms with Crippen LogP contribution in [0, 0.1) is 0 Å². The average molecular weight is 474 g/mol. The van der Waals surface area contributed by atoms with Gasteiger partial charge >= 0.3 is 0 Å². The van der Waals surface area contributed by atoms with E-state index in [1.165, 1.54) is 6.07 Å². The molecule has 0 aliphatic carbocycles. The normalized spacial score (nSPS) is 13.9. The number of rotatable bonds is 5. The Morgan fingerprint density at radius 3 is 2.47 bits per heavy atom. The number of oxazole rings is 1. The van der Waals surface area contributed by atoms with E-state index in [1.807, 2.05) is 0 Å². The minimum absolute atomic E-state index is 0.0241. The zero-order valence-corrected chi connectivity index (χ0v) is 18.6. The number of piperazine rings is 1. The number of halogens is 2. The molecule has 2 aromatic carbocycles. The van der Waals surface area contributed by atoms with Gasteiger partial charge in [-0.25, -0.2) is 4.98 Å². The molecular formula is C23H21Cl2N3O4. The van der Waals surface area contributed by atoms with Gasteiger partial charge in [-0.2, -0.15) is 0 Å². The Morgan fingerprint density at radius 1 is 1.03 bits per heavy atom. The number of aryl methyl sites for hydroxylation is 1. The highest BCUT2D eigenvalue weighted by Gasteiger charge is 2.26. The largest absolute Gasteiger partial charge is 0.507 e. The molecule has 1 fully saturated rings. The Labute approximate surface area is 195 Å². The van der Waals surface area contributed by atoms with Gasteiger partial charge in [0, 0.05) is 49.6 Å². The summed E-state index contributed by atoms with van der Waals surface area (Å²) in [4.78, 5) is 32.8. The van der Waals surface area contributed by atoms with Gasteiger partial charge in [-0.3, -0.25) is 9.59 Å². The second-order valence-corrected chi connectivity index (χ2v) is 8.28. The maximum Gasteiger partial charge on any atom is 0.257 e. The summed E-state index contributed by atoms with van der Waals surface area (Å²) in [7, 11) is 0. The van der Waals surface area contributed by atoms with E-state index < -0.39 is 0 Å². The third-order valence-electron chi connectivity index (χ3n) is 5.36. The predicted octanol–water partition coefficient (Wildman–Crippen LogP) is 4.27. The van der Waals surface area contributed by atoms with Crippen molar-refractivity contribution >= 4 is 35.0 Å². The van der Waals surface area contributed by atoms with E-state index in [0.717, 1.165) is 0 Å². The van der Waals surface area contributed by atoms with Crippen LogP contribution in [-0.4, -0.2) is 57.9 Å². The van der Waals surface area contributed by atoms with Gasteiger partial charge in [0.2, 0.25) is 5.91 Å². The highest BCUT2D eigenvalue weighted by molar-refractivity contribution is 6.36.